The first-order chi connectivity index (χ1) is 34.3. The molecule has 4 fully saturated rings. The molecular formula is C48H62N4O19. The van der Waals surface area contributed by atoms with Crippen LogP contribution in [0.4, 0.5) is 0 Å². The van der Waals surface area contributed by atoms with E-state index in [2.05, 4.69) is 15.5 Å². The van der Waals surface area contributed by atoms with Gasteiger partial charge in [-0.1, -0.05) is 12.1 Å². The number of hydrogen-bond acceptors (Lipinski definition) is 20. The number of carbonyl (C=O) groups is 6. The van der Waals surface area contributed by atoms with Crippen molar-refractivity contribution in [3.8, 4) is 17.2 Å². The van der Waals surface area contributed by atoms with E-state index in [4.69, 9.17) is 47.4 Å². The summed E-state index contributed by atoms with van der Waals surface area (Å²) in [6.45, 7) is 5.02. The first-order valence-corrected chi connectivity index (χ1v) is 23.9. The fraction of sp³-hybridized carbons (Fsp3) is 0.625. The monoisotopic (exact) mass is 998 g/mol. The summed E-state index contributed by atoms with van der Waals surface area (Å²) in [6.07, 6.45) is -4.60. The first kappa shape index (κ1) is 52.2. The minimum absolute atomic E-state index is 0.0184. The molecule has 0 saturated carbocycles. The molecule has 23 heteroatoms. The smallest absolute Gasteiger partial charge is 0.252 e. The van der Waals surface area contributed by atoms with Crippen LogP contribution in [0.15, 0.2) is 18.2 Å². The third kappa shape index (κ3) is 11.1. The quantitative estimate of drug-likeness (QED) is 0.0474. The van der Waals surface area contributed by atoms with Crippen LogP contribution in [-0.4, -0.2) is 203 Å². The maximum absolute atomic E-state index is 14.2. The zero-order valence-corrected chi connectivity index (χ0v) is 40.0. The summed E-state index contributed by atoms with van der Waals surface area (Å²) in [6, 6.07) is 4.24. The van der Waals surface area contributed by atoms with Crippen LogP contribution in [0.3, 0.4) is 0 Å². The SMILES string of the molecule is COc1cccc2c1C(=O)c1c(O)c3c(c(O)c1C2=O)C[C@@](O)(C(=O)NCCOCCOCCOCCOCCNC(=O)CCN1C(=O)CCC1=O)C[C@@H]3O[C@H]1C[C@H]2[C@H](O[C@@H]3[C@@H](OC)OCCN32)[C@H](C)O1. The Morgan fingerprint density at radius 1 is 0.831 bits per heavy atom. The third-order valence-electron chi connectivity index (χ3n) is 13.5. The lowest BCUT2D eigenvalue weighted by atomic mass is 9.72. The van der Waals surface area contributed by atoms with Crippen LogP contribution >= 0.6 is 0 Å². The molecule has 2 aliphatic carbocycles. The number of nitrogens with zero attached hydrogens (tertiary/aromatic N) is 2. The zero-order chi connectivity index (χ0) is 50.4. The number of ketones is 2. The molecule has 5 N–H and O–H groups in total. The summed E-state index contributed by atoms with van der Waals surface area (Å²) in [5.41, 5.74) is -3.49. The van der Waals surface area contributed by atoms with Crippen LogP contribution in [0.5, 0.6) is 17.2 Å². The molecule has 0 spiro atoms. The highest BCUT2D eigenvalue weighted by Gasteiger charge is 2.55. The molecule has 71 heavy (non-hydrogen) atoms. The molecule has 4 amide bonds. The van der Waals surface area contributed by atoms with Crippen molar-refractivity contribution in [3.05, 3.63) is 51.6 Å². The van der Waals surface area contributed by atoms with E-state index in [-0.39, 0.29) is 136 Å². The van der Waals surface area contributed by atoms with Gasteiger partial charge in [0.25, 0.3) is 5.91 Å². The molecule has 0 unspecified atom stereocenters. The van der Waals surface area contributed by atoms with Gasteiger partial charge in [-0.2, -0.15) is 0 Å². The Morgan fingerprint density at radius 3 is 2.14 bits per heavy atom. The molecule has 23 nitrogen and oxygen atoms in total. The average Bonchev–Trinajstić information content (AvgIpc) is 3.90. The Kier molecular flexibility index (Phi) is 17.0. The number of phenols is 2. The zero-order valence-electron chi connectivity index (χ0n) is 40.0. The summed E-state index contributed by atoms with van der Waals surface area (Å²) in [5.74, 6) is -4.33. The van der Waals surface area contributed by atoms with Crippen LogP contribution < -0.4 is 15.4 Å². The van der Waals surface area contributed by atoms with Gasteiger partial charge >= 0.3 is 0 Å². The van der Waals surface area contributed by atoms with Gasteiger partial charge in [-0.25, -0.2) is 0 Å². The van der Waals surface area contributed by atoms with Gasteiger partial charge in [0.2, 0.25) is 23.5 Å². The molecule has 8 atom stereocenters. The molecular weight excluding hydrogens is 937 g/mol. The Labute approximate surface area is 409 Å². The van der Waals surface area contributed by atoms with Crippen molar-refractivity contribution in [3.63, 3.8) is 0 Å². The summed E-state index contributed by atoms with van der Waals surface area (Å²) < 4.78 is 58.1. The summed E-state index contributed by atoms with van der Waals surface area (Å²) in [7, 11) is 2.88. The van der Waals surface area contributed by atoms with Crippen LogP contribution in [0.1, 0.15) is 88.1 Å². The van der Waals surface area contributed by atoms with Gasteiger partial charge < -0.3 is 73.3 Å². The Hall–Kier alpha value is -5.18. The topological polar surface area (TPSA) is 286 Å². The summed E-state index contributed by atoms with van der Waals surface area (Å²) in [4.78, 5) is 80.7. The maximum atomic E-state index is 14.2. The highest BCUT2D eigenvalue weighted by Crippen LogP contribution is 2.53. The van der Waals surface area contributed by atoms with E-state index >= 15 is 0 Å². The number of benzene rings is 2. The largest absolute Gasteiger partial charge is 0.507 e. The standard InChI is InChI=1S/C48H62N4O19/c1-26-44-29(51-13-16-68-46(63-3)45(51)71-44)23-35(69-26)70-31-25-48(61,24-28-37(31)43(59)39-38(41(28)57)40(56)27-5-4-6-30(62-2)36(27)42(39)58)47(60)50-11-15-65-18-20-67-22-21-66-19-17-64-14-10-49-32(53)9-12-52-33(54)7-8-34(52)55/h4-6,26,29,31,35,44-46,57,59,61H,7-25H2,1-3H3,(H,49,53)(H,50,60)/t26-,29-,31-,35-,44+,45+,46-,48-/m0/s1. The number of aliphatic hydroxyl groups is 1. The fourth-order valence-electron chi connectivity index (χ4n) is 10.1. The molecule has 388 valence electrons. The molecule has 4 heterocycles. The number of likely N-dealkylation sites (tertiary alicyclic amines) is 1. The fourth-order valence-corrected chi connectivity index (χ4v) is 10.1. The molecule has 4 aliphatic heterocycles. The van der Waals surface area contributed by atoms with Gasteiger partial charge in [-0.05, 0) is 13.0 Å². The average molecular weight is 999 g/mol. The predicted molar refractivity (Wildman–Crippen MR) is 241 cm³/mol. The van der Waals surface area contributed by atoms with Gasteiger partial charge in [-0.3, -0.25) is 38.6 Å². The Morgan fingerprint density at radius 2 is 1.48 bits per heavy atom. The normalized spacial score (nSPS) is 26.9. The number of morpholine rings is 1. The lowest BCUT2D eigenvalue weighted by Gasteiger charge is -2.43. The Balaban J connectivity index is 0.821. The number of methoxy groups -OCH3 is 2. The van der Waals surface area contributed by atoms with E-state index in [1.807, 2.05) is 6.92 Å². The molecule has 0 radical (unpaired) electrons. The van der Waals surface area contributed by atoms with Crippen molar-refractivity contribution in [1.29, 1.82) is 0 Å². The number of aromatic hydroxyl groups is 2. The Bertz CT molecular complexity index is 2320. The molecule has 4 saturated heterocycles. The number of ether oxygens (including phenoxy) is 10. The van der Waals surface area contributed by atoms with E-state index in [9.17, 15) is 44.1 Å². The number of hydrogen-bond donors (Lipinski definition) is 5. The van der Waals surface area contributed by atoms with E-state index < -0.39 is 89.6 Å². The van der Waals surface area contributed by atoms with Crippen molar-refractivity contribution in [2.45, 2.75) is 94.2 Å². The van der Waals surface area contributed by atoms with Gasteiger partial charge in [0.1, 0.15) is 29.0 Å². The van der Waals surface area contributed by atoms with Gasteiger partial charge in [-0.15, -0.1) is 0 Å². The summed E-state index contributed by atoms with van der Waals surface area (Å²) in [5, 5.41) is 41.6. The van der Waals surface area contributed by atoms with Gasteiger partial charge in [0, 0.05) is 94.5 Å². The molecule has 2 aromatic rings. The number of rotatable bonds is 23. The van der Waals surface area contributed by atoms with Crippen LogP contribution in [0.25, 0.3) is 0 Å². The molecule has 6 aliphatic rings. The molecule has 0 bridgehead atoms. The lowest BCUT2D eigenvalue weighted by Crippen LogP contribution is -2.55. The van der Waals surface area contributed by atoms with E-state index in [1.165, 1.54) is 32.4 Å². The maximum Gasteiger partial charge on any atom is 0.252 e. The van der Waals surface area contributed by atoms with Crippen molar-refractivity contribution in [1.82, 2.24) is 20.4 Å². The number of imide groups is 1. The third-order valence-corrected chi connectivity index (χ3v) is 13.5. The lowest BCUT2D eigenvalue weighted by molar-refractivity contribution is -0.256. The number of fused-ring (bicyclic) bond motifs is 6. The second-order valence-electron chi connectivity index (χ2n) is 17.9. The van der Waals surface area contributed by atoms with Crippen LogP contribution in [0.2, 0.25) is 0 Å². The minimum Gasteiger partial charge on any atom is -0.507 e. The minimum atomic E-state index is -2.25. The molecule has 0 aromatic heterocycles. The highest BCUT2D eigenvalue weighted by atomic mass is 16.7. The predicted octanol–water partition coefficient (Wildman–Crippen LogP) is -0.0122. The van der Waals surface area contributed by atoms with E-state index in [1.54, 1.807) is 0 Å². The second-order valence-corrected chi connectivity index (χ2v) is 17.9. The van der Waals surface area contributed by atoms with Crippen LogP contribution in [-0.2, 0) is 68.2 Å². The van der Waals surface area contributed by atoms with Crippen molar-refractivity contribution in [2.24, 2.45) is 0 Å². The highest BCUT2D eigenvalue weighted by molar-refractivity contribution is 6.31. The number of carbonyl (C=O) groups excluding carboxylic acids is 6. The molecule has 2 aromatic carbocycles. The number of amides is 4. The van der Waals surface area contributed by atoms with Crippen molar-refractivity contribution >= 4 is 35.2 Å². The molecule has 8 rings (SSSR count). The van der Waals surface area contributed by atoms with Gasteiger partial charge in [0.05, 0.1) is 95.5 Å². The first-order valence-electron chi connectivity index (χ1n) is 23.9. The summed E-state index contributed by atoms with van der Waals surface area (Å²) >= 11 is 0. The van der Waals surface area contributed by atoms with E-state index in [0.717, 1.165) is 4.90 Å². The van der Waals surface area contributed by atoms with Gasteiger partial charge in [0.15, 0.2) is 24.6 Å². The second kappa shape index (κ2) is 23.1. The number of phenolic OH excluding ortho intramolecular Hbond substituents is 2. The van der Waals surface area contributed by atoms with E-state index in [0.29, 0.717) is 33.0 Å². The van der Waals surface area contributed by atoms with Crippen molar-refractivity contribution < 1.29 is 91.5 Å². The number of nitrogens with one attached hydrogen (secondary N) is 2. The van der Waals surface area contributed by atoms with Crippen LogP contribution in [0, 0.1) is 0 Å². The van der Waals surface area contributed by atoms with Crippen molar-refractivity contribution in [2.75, 3.05) is 99.9 Å².